The molecule has 0 unspecified atom stereocenters. The van der Waals surface area contributed by atoms with Gasteiger partial charge >= 0.3 is 18.4 Å². The third-order valence-corrected chi connectivity index (χ3v) is 2.65. The molecule has 124 valence electrons. The average molecular weight is 331 g/mol. The Balaban J connectivity index is 2.11. The molecule has 1 aromatic carbocycles. The van der Waals surface area contributed by atoms with Gasteiger partial charge in [0.1, 0.15) is 0 Å². The SMILES string of the molecule is Cc1ccc(Nc2nc(N)nc(OCC(F)(F)C(F)F)n2)cc1. The summed E-state index contributed by atoms with van der Waals surface area (Å²) in [5.74, 6) is -4.67. The highest BCUT2D eigenvalue weighted by Gasteiger charge is 2.42. The molecule has 0 aliphatic carbocycles. The number of hydrogen-bond donors (Lipinski definition) is 2. The highest BCUT2D eigenvalue weighted by Crippen LogP contribution is 2.24. The second-order valence-electron chi connectivity index (χ2n) is 4.64. The van der Waals surface area contributed by atoms with E-state index in [1.165, 1.54) is 0 Å². The maximum absolute atomic E-state index is 12.8. The molecule has 0 atom stereocenters. The first kappa shape index (κ1) is 16.7. The van der Waals surface area contributed by atoms with Gasteiger partial charge in [0.25, 0.3) is 0 Å². The van der Waals surface area contributed by atoms with E-state index in [4.69, 9.17) is 5.73 Å². The zero-order chi connectivity index (χ0) is 17.0. The molecule has 0 aliphatic heterocycles. The van der Waals surface area contributed by atoms with Crippen LogP contribution in [0, 0.1) is 6.92 Å². The van der Waals surface area contributed by atoms with E-state index in [-0.39, 0.29) is 11.9 Å². The van der Waals surface area contributed by atoms with Crippen LogP contribution in [-0.2, 0) is 0 Å². The van der Waals surface area contributed by atoms with Crippen molar-refractivity contribution in [2.24, 2.45) is 0 Å². The lowest BCUT2D eigenvalue weighted by molar-refractivity contribution is -0.149. The van der Waals surface area contributed by atoms with Crippen LogP contribution in [0.25, 0.3) is 0 Å². The van der Waals surface area contributed by atoms with Crippen molar-refractivity contribution >= 4 is 17.6 Å². The zero-order valence-corrected chi connectivity index (χ0v) is 11.9. The Hall–Kier alpha value is -2.65. The van der Waals surface area contributed by atoms with Crippen LogP contribution in [0.4, 0.5) is 35.1 Å². The minimum atomic E-state index is -4.31. The lowest BCUT2D eigenvalue weighted by atomic mass is 10.2. The Morgan fingerprint density at radius 1 is 1.17 bits per heavy atom. The van der Waals surface area contributed by atoms with Crippen molar-refractivity contribution < 1.29 is 22.3 Å². The number of hydrogen-bond acceptors (Lipinski definition) is 6. The van der Waals surface area contributed by atoms with Crippen LogP contribution < -0.4 is 15.8 Å². The molecule has 1 heterocycles. The van der Waals surface area contributed by atoms with Crippen LogP contribution >= 0.6 is 0 Å². The lowest BCUT2D eigenvalue weighted by Gasteiger charge is -2.15. The number of anilines is 3. The number of aromatic nitrogens is 3. The first-order valence-electron chi connectivity index (χ1n) is 6.40. The number of nitrogen functional groups attached to an aromatic ring is 1. The molecule has 23 heavy (non-hydrogen) atoms. The van der Waals surface area contributed by atoms with E-state index in [0.29, 0.717) is 5.69 Å². The molecule has 0 aliphatic rings. The molecule has 0 saturated carbocycles. The number of halogens is 4. The standard InChI is InChI=1S/C13H13F4N5O/c1-7-2-4-8(5-3-7)19-11-20-10(18)21-12(22-11)23-6-13(16,17)9(14)15/h2-5,9H,6H2,1H3,(H3,18,19,20,21,22). The Morgan fingerprint density at radius 3 is 2.43 bits per heavy atom. The molecule has 1 aromatic heterocycles. The van der Waals surface area contributed by atoms with Crippen LogP contribution in [-0.4, -0.2) is 33.9 Å². The summed E-state index contributed by atoms with van der Waals surface area (Å²) in [4.78, 5) is 10.9. The summed E-state index contributed by atoms with van der Waals surface area (Å²) in [5, 5.41) is 2.77. The van der Waals surface area contributed by atoms with Crippen LogP contribution in [0.3, 0.4) is 0 Å². The van der Waals surface area contributed by atoms with Crippen molar-refractivity contribution in [3.05, 3.63) is 29.8 Å². The van der Waals surface area contributed by atoms with Gasteiger partial charge in [-0.3, -0.25) is 0 Å². The van der Waals surface area contributed by atoms with Gasteiger partial charge in [-0.05, 0) is 19.1 Å². The van der Waals surface area contributed by atoms with Crippen LogP contribution in [0.2, 0.25) is 0 Å². The van der Waals surface area contributed by atoms with Gasteiger partial charge in [0.2, 0.25) is 11.9 Å². The van der Waals surface area contributed by atoms with Gasteiger partial charge in [-0.2, -0.15) is 23.7 Å². The quantitative estimate of drug-likeness (QED) is 0.792. The molecule has 0 radical (unpaired) electrons. The predicted molar refractivity (Wildman–Crippen MR) is 75.1 cm³/mol. The molecule has 0 amide bonds. The molecule has 0 spiro atoms. The smallest absolute Gasteiger partial charge is 0.340 e. The van der Waals surface area contributed by atoms with Crippen molar-refractivity contribution in [2.75, 3.05) is 17.7 Å². The number of ether oxygens (including phenoxy) is 1. The van der Waals surface area contributed by atoms with Crippen molar-refractivity contribution in [2.45, 2.75) is 19.3 Å². The Labute approximate surface area is 128 Å². The third-order valence-electron chi connectivity index (χ3n) is 2.65. The molecule has 6 nitrogen and oxygen atoms in total. The minimum Gasteiger partial charge on any atom is -0.457 e. The average Bonchev–Trinajstić information content (AvgIpc) is 2.47. The van der Waals surface area contributed by atoms with Gasteiger partial charge in [-0.1, -0.05) is 17.7 Å². The van der Waals surface area contributed by atoms with Crippen LogP contribution in [0.15, 0.2) is 24.3 Å². The number of aryl methyl sites for hydroxylation is 1. The van der Waals surface area contributed by atoms with Crippen molar-refractivity contribution in [1.82, 2.24) is 15.0 Å². The Morgan fingerprint density at radius 2 is 1.83 bits per heavy atom. The number of benzene rings is 1. The van der Waals surface area contributed by atoms with Crippen molar-refractivity contribution in [1.29, 1.82) is 0 Å². The van der Waals surface area contributed by atoms with E-state index in [0.717, 1.165) is 5.56 Å². The number of nitrogens with one attached hydrogen (secondary N) is 1. The molecule has 10 heteroatoms. The maximum Gasteiger partial charge on any atom is 0.340 e. The number of nitrogens with zero attached hydrogens (tertiary/aromatic N) is 3. The van der Waals surface area contributed by atoms with Gasteiger partial charge < -0.3 is 15.8 Å². The summed E-state index contributed by atoms with van der Waals surface area (Å²) < 4.78 is 54.3. The lowest BCUT2D eigenvalue weighted by Crippen LogP contribution is -2.34. The van der Waals surface area contributed by atoms with E-state index in [2.05, 4.69) is 25.0 Å². The van der Waals surface area contributed by atoms with Gasteiger partial charge in [-0.25, -0.2) is 8.78 Å². The van der Waals surface area contributed by atoms with Gasteiger partial charge in [0.15, 0.2) is 6.61 Å². The van der Waals surface area contributed by atoms with Crippen molar-refractivity contribution in [3.8, 4) is 6.01 Å². The van der Waals surface area contributed by atoms with E-state index < -0.39 is 25.0 Å². The summed E-state index contributed by atoms with van der Waals surface area (Å²) in [6.45, 7) is 0.331. The highest BCUT2D eigenvalue weighted by atomic mass is 19.3. The van der Waals surface area contributed by atoms with E-state index in [1.807, 2.05) is 19.1 Å². The molecule has 3 N–H and O–H groups in total. The van der Waals surface area contributed by atoms with Crippen molar-refractivity contribution in [3.63, 3.8) is 0 Å². The number of alkyl halides is 4. The maximum atomic E-state index is 12.8. The molecule has 2 rings (SSSR count). The topological polar surface area (TPSA) is 86.0 Å². The molecule has 2 aromatic rings. The molecule has 0 saturated heterocycles. The fourth-order valence-corrected chi connectivity index (χ4v) is 1.48. The fourth-order valence-electron chi connectivity index (χ4n) is 1.48. The Kier molecular flexibility index (Phi) is 4.82. The second-order valence-corrected chi connectivity index (χ2v) is 4.64. The van der Waals surface area contributed by atoms with E-state index >= 15 is 0 Å². The molecular weight excluding hydrogens is 318 g/mol. The predicted octanol–water partition coefficient (Wildman–Crippen LogP) is 2.79. The highest BCUT2D eigenvalue weighted by molar-refractivity contribution is 5.54. The first-order chi connectivity index (χ1) is 10.8. The second kappa shape index (κ2) is 6.63. The van der Waals surface area contributed by atoms with E-state index in [9.17, 15) is 17.6 Å². The summed E-state index contributed by atoms with van der Waals surface area (Å²) in [6.07, 6.45) is -3.85. The summed E-state index contributed by atoms with van der Waals surface area (Å²) in [5.41, 5.74) is 7.07. The van der Waals surface area contributed by atoms with Crippen LogP contribution in [0.1, 0.15) is 5.56 Å². The minimum absolute atomic E-state index is 0.0586. The summed E-state index contributed by atoms with van der Waals surface area (Å²) in [6, 6.07) is 6.55. The van der Waals surface area contributed by atoms with E-state index in [1.54, 1.807) is 12.1 Å². The fraction of sp³-hybridized carbons (Fsp3) is 0.308. The Bertz CT molecular complexity index is 666. The largest absolute Gasteiger partial charge is 0.457 e. The molecule has 0 bridgehead atoms. The van der Waals surface area contributed by atoms with Gasteiger partial charge in [0, 0.05) is 5.69 Å². The van der Waals surface area contributed by atoms with Gasteiger partial charge in [0.05, 0.1) is 0 Å². The number of nitrogens with two attached hydrogens (primary N) is 1. The van der Waals surface area contributed by atoms with Gasteiger partial charge in [-0.15, -0.1) is 0 Å². The van der Waals surface area contributed by atoms with Crippen LogP contribution in [0.5, 0.6) is 6.01 Å². The zero-order valence-electron chi connectivity index (χ0n) is 11.9. The third kappa shape index (κ3) is 4.66. The molecule has 0 fully saturated rings. The number of rotatable bonds is 6. The molecular formula is C13H13F4N5O. The normalized spacial score (nSPS) is 11.6. The monoisotopic (exact) mass is 331 g/mol. The first-order valence-corrected chi connectivity index (χ1v) is 6.40. The summed E-state index contributed by atoms with van der Waals surface area (Å²) >= 11 is 0. The summed E-state index contributed by atoms with van der Waals surface area (Å²) in [7, 11) is 0.